The molecule has 0 saturated heterocycles. The van der Waals surface area contributed by atoms with E-state index in [2.05, 4.69) is 10.9 Å². The molecule has 2 N–H and O–H groups in total. The highest BCUT2D eigenvalue weighted by Gasteiger charge is 2.22. The van der Waals surface area contributed by atoms with Crippen molar-refractivity contribution >= 4 is 39.5 Å². The second kappa shape index (κ2) is 9.64. The zero-order valence-corrected chi connectivity index (χ0v) is 17.2. The maximum atomic E-state index is 13.6. The lowest BCUT2D eigenvalue weighted by Gasteiger charge is -2.17. The molecule has 0 aliphatic heterocycles. The van der Waals surface area contributed by atoms with E-state index in [0.29, 0.717) is 0 Å². The lowest BCUT2D eigenvalue weighted by atomic mass is 10.2. The molecule has 2 amide bonds. The average Bonchev–Trinajstić information content (AvgIpc) is 2.66. The molecule has 0 atom stereocenters. The summed E-state index contributed by atoms with van der Waals surface area (Å²) in [6, 6.07) is 10.3. The number of hydrogen-bond donors (Lipinski definition) is 2. The van der Waals surface area contributed by atoms with Gasteiger partial charge in [0.25, 0.3) is 11.8 Å². The van der Waals surface area contributed by atoms with Crippen LogP contribution in [0.5, 0.6) is 0 Å². The first-order valence-electron chi connectivity index (χ1n) is 8.35. The van der Waals surface area contributed by atoms with E-state index in [-0.39, 0.29) is 15.5 Å². The fourth-order valence-corrected chi connectivity index (χ4v) is 3.57. The van der Waals surface area contributed by atoms with Gasteiger partial charge in [0.2, 0.25) is 10.0 Å². The van der Waals surface area contributed by atoms with E-state index in [9.17, 15) is 22.4 Å². The fourth-order valence-electron chi connectivity index (χ4n) is 2.22. The molecule has 0 radical (unpaired) electrons. The van der Waals surface area contributed by atoms with Crippen molar-refractivity contribution in [2.75, 3.05) is 13.6 Å². The number of benzene rings is 2. The Morgan fingerprint density at radius 2 is 1.79 bits per heavy atom. The van der Waals surface area contributed by atoms with Crippen LogP contribution in [0.1, 0.15) is 11.1 Å². The smallest absolute Gasteiger partial charge is 0.262 e. The molecule has 0 heterocycles. The first-order chi connectivity index (χ1) is 13.6. The molecule has 0 spiro atoms. The van der Waals surface area contributed by atoms with Gasteiger partial charge in [-0.1, -0.05) is 35.4 Å². The van der Waals surface area contributed by atoms with E-state index in [1.54, 1.807) is 12.1 Å². The van der Waals surface area contributed by atoms with E-state index in [1.807, 2.05) is 6.92 Å². The Bertz CT molecular complexity index is 1020. The van der Waals surface area contributed by atoms with Crippen LogP contribution in [-0.2, 0) is 19.6 Å². The van der Waals surface area contributed by atoms with Crippen molar-refractivity contribution in [1.82, 2.24) is 15.2 Å². The quantitative estimate of drug-likeness (QED) is 0.533. The molecule has 7 nitrogen and oxygen atoms in total. The second-order valence-corrected chi connectivity index (χ2v) is 8.53. The fraction of sp³-hybridized carbons (Fsp3) is 0.158. The monoisotopic (exact) mass is 439 g/mol. The first-order valence-corrected chi connectivity index (χ1v) is 10.2. The number of nitrogens with one attached hydrogen (secondary N) is 2. The number of amides is 2. The third-order valence-corrected chi connectivity index (χ3v) is 5.97. The molecule has 2 aromatic rings. The van der Waals surface area contributed by atoms with Gasteiger partial charge in [0.1, 0.15) is 5.82 Å². The summed E-state index contributed by atoms with van der Waals surface area (Å²) in [5.74, 6) is -2.11. The molecule has 0 aliphatic carbocycles. The normalized spacial score (nSPS) is 11.6. The summed E-state index contributed by atoms with van der Waals surface area (Å²) in [5.41, 5.74) is 5.10. The standard InChI is InChI=1S/C19H19ClFN3O4S/c1-13-6-8-14(9-7-13)29(27,28)24(2)12-19(26)23-22-18(25)11-10-15-16(20)4-3-5-17(15)21/h3-11H,12H2,1-2H3,(H,22,25)(H,23,26). The van der Waals surface area contributed by atoms with Crippen molar-refractivity contribution < 1.29 is 22.4 Å². The summed E-state index contributed by atoms with van der Waals surface area (Å²) in [6.45, 7) is 1.31. The lowest BCUT2D eigenvalue weighted by molar-refractivity contribution is -0.126. The molecule has 0 aromatic heterocycles. The molecule has 0 fully saturated rings. The van der Waals surface area contributed by atoms with Crippen LogP contribution in [0.4, 0.5) is 4.39 Å². The van der Waals surface area contributed by atoms with Crippen molar-refractivity contribution in [2.45, 2.75) is 11.8 Å². The van der Waals surface area contributed by atoms with Gasteiger partial charge in [-0.25, -0.2) is 12.8 Å². The zero-order valence-electron chi connectivity index (χ0n) is 15.6. The van der Waals surface area contributed by atoms with Gasteiger partial charge in [-0.15, -0.1) is 0 Å². The lowest BCUT2D eigenvalue weighted by Crippen LogP contribution is -2.46. The van der Waals surface area contributed by atoms with Gasteiger partial charge in [-0.05, 0) is 37.3 Å². The minimum atomic E-state index is -3.86. The minimum Gasteiger partial charge on any atom is -0.272 e. The Morgan fingerprint density at radius 1 is 1.14 bits per heavy atom. The Kier molecular flexibility index (Phi) is 7.49. The highest BCUT2D eigenvalue weighted by molar-refractivity contribution is 7.89. The highest BCUT2D eigenvalue weighted by atomic mass is 35.5. The number of rotatable bonds is 6. The Hall–Kier alpha value is -2.75. The van der Waals surface area contributed by atoms with Crippen molar-refractivity contribution in [2.24, 2.45) is 0 Å². The van der Waals surface area contributed by atoms with Gasteiger partial charge in [0.15, 0.2) is 0 Å². The van der Waals surface area contributed by atoms with Crippen molar-refractivity contribution in [3.63, 3.8) is 0 Å². The third kappa shape index (κ3) is 6.11. The number of likely N-dealkylation sites (N-methyl/N-ethyl adjacent to an activating group) is 1. The summed E-state index contributed by atoms with van der Waals surface area (Å²) in [5, 5.41) is 0.126. The number of nitrogens with zero attached hydrogens (tertiary/aromatic N) is 1. The molecule has 0 aliphatic rings. The number of halogens is 2. The van der Waals surface area contributed by atoms with Gasteiger partial charge in [-0.2, -0.15) is 4.31 Å². The van der Waals surface area contributed by atoms with Gasteiger partial charge in [-0.3, -0.25) is 20.4 Å². The van der Waals surface area contributed by atoms with E-state index < -0.39 is 34.2 Å². The number of carbonyl (C=O) groups is 2. The molecule has 29 heavy (non-hydrogen) atoms. The van der Waals surface area contributed by atoms with Crippen LogP contribution in [-0.4, -0.2) is 38.1 Å². The molecule has 2 aromatic carbocycles. The molecule has 2 rings (SSSR count). The van der Waals surface area contributed by atoms with Crippen LogP contribution in [0, 0.1) is 12.7 Å². The largest absolute Gasteiger partial charge is 0.272 e. The van der Waals surface area contributed by atoms with Crippen molar-refractivity contribution in [3.05, 3.63) is 70.5 Å². The molecule has 154 valence electrons. The van der Waals surface area contributed by atoms with Gasteiger partial charge in [0, 0.05) is 18.7 Å². The van der Waals surface area contributed by atoms with Gasteiger partial charge < -0.3 is 0 Å². The maximum absolute atomic E-state index is 13.6. The number of carbonyl (C=O) groups excluding carboxylic acids is 2. The molecule has 0 unspecified atom stereocenters. The van der Waals surface area contributed by atoms with E-state index >= 15 is 0 Å². The molecule has 0 saturated carbocycles. The van der Waals surface area contributed by atoms with Crippen molar-refractivity contribution in [1.29, 1.82) is 0 Å². The summed E-state index contributed by atoms with van der Waals surface area (Å²) < 4.78 is 39.4. The topological polar surface area (TPSA) is 95.6 Å². The number of sulfonamides is 1. The number of hydrazine groups is 1. The van der Waals surface area contributed by atoms with Crippen LogP contribution < -0.4 is 10.9 Å². The van der Waals surface area contributed by atoms with E-state index in [0.717, 1.165) is 22.0 Å². The van der Waals surface area contributed by atoms with Crippen molar-refractivity contribution in [3.8, 4) is 0 Å². The van der Waals surface area contributed by atoms with E-state index in [1.165, 1.54) is 37.4 Å². The molecule has 10 heteroatoms. The Labute approximate surface area is 173 Å². The summed E-state index contributed by atoms with van der Waals surface area (Å²) in [4.78, 5) is 23.8. The highest BCUT2D eigenvalue weighted by Crippen LogP contribution is 2.20. The summed E-state index contributed by atoms with van der Waals surface area (Å²) in [7, 11) is -2.61. The summed E-state index contributed by atoms with van der Waals surface area (Å²) in [6.07, 6.45) is 2.14. The average molecular weight is 440 g/mol. The number of aryl methyl sites for hydroxylation is 1. The maximum Gasteiger partial charge on any atom is 0.262 e. The van der Waals surface area contributed by atoms with E-state index in [4.69, 9.17) is 11.6 Å². The van der Waals surface area contributed by atoms with Gasteiger partial charge >= 0.3 is 0 Å². The van der Waals surface area contributed by atoms with Crippen LogP contribution >= 0.6 is 11.6 Å². The minimum absolute atomic E-state index is 0.0274. The predicted molar refractivity (Wildman–Crippen MR) is 108 cm³/mol. The zero-order chi connectivity index (χ0) is 21.6. The van der Waals surface area contributed by atoms with Crippen LogP contribution in [0.15, 0.2) is 53.4 Å². The number of hydrogen-bond acceptors (Lipinski definition) is 4. The van der Waals surface area contributed by atoms with Crippen LogP contribution in [0.2, 0.25) is 5.02 Å². The van der Waals surface area contributed by atoms with Gasteiger partial charge in [0.05, 0.1) is 16.5 Å². The third-order valence-electron chi connectivity index (χ3n) is 3.82. The van der Waals surface area contributed by atoms with Crippen LogP contribution in [0.25, 0.3) is 6.08 Å². The molecular formula is C19H19ClFN3O4S. The SMILES string of the molecule is Cc1ccc(S(=O)(=O)N(C)CC(=O)NNC(=O)C=Cc2c(F)cccc2Cl)cc1. The summed E-state index contributed by atoms with van der Waals surface area (Å²) >= 11 is 5.84. The second-order valence-electron chi connectivity index (χ2n) is 6.08. The predicted octanol–water partition coefficient (Wildman–Crippen LogP) is 2.27. The molecular weight excluding hydrogens is 421 g/mol. The Morgan fingerprint density at radius 3 is 2.41 bits per heavy atom. The van der Waals surface area contributed by atoms with Crippen LogP contribution in [0.3, 0.4) is 0 Å². The molecule has 0 bridgehead atoms. The first kappa shape index (κ1) is 22.5. The Balaban J connectivity index is 1.91.